The van der Waals surface area contributed by atoms with Crippen molar-refractivity contribution in [2.24, 2.45) is 5.84 Å². The number of anilines is 1. The first-order valence-electron chi connectivity index (χ1n) is 6.22. The number of aromatic nitrogens is 1. The second-order valence-corrected chi connectivity index (χ2v) is 4.75. The number of nitrogens with two attached hydrogens (primary N) is 1. The van der Waals surface area contributed by atoms with Crippen molar-refractivity contribution in [1.82, 2.24) is 10.3 Å². The Kier molecular flexibility index (Phi) is 4.67. The van der Waals surface area contributed by atoms with Crippen LogP contribution in [0.15, 0.2) is 12.1 Å². The lowest BCUT2D eigenvalue weighted by Crippen LogP contribution is -2.45. The Morgan fingerprint density at radius 3 is 2.50 bits per heavy atom. The van der Waals surface area contributed by atoms with Crippen molar-refractivity contribution in [3.05, 3.63) is 23.4 Å². The predicted molar refractivity (Wildman–Crippen MR) is 73.2 cm³/mol. The van der Waals surface area contributed by atoms with Crippen molar-refractivity contribution in [3.8, 4) is 0 Å². The van der Waals surface area contributed by atoms with E-state index < -0.39 is 0 Å². The van der Waals surface area contributed by atoms with Crippen LogP contribution in [0.1, 0.15) is 49.7 Å². The van der Waals surface area contributed by atoms with Gasteiger partial charge in [0.15, 0.2) is 0 Å². The van der Waals surface area contributed by atoms with E-state index in [4.69, 9.17) is 5.84 Å². The minimum atomic E-state index is -0.176. The third-order valence-corrected chi connectivity index (χ3v) is 3.34. The molecule has 0 bridgehead atoms. The third-order valence-electron chi connectivity index (χ3n) is 3.34. The van der Waals surface area contributed by atoms with E-state index in [-0.39, 0.29) is 11.4 Å². The van der Waals surface area contributed by atoms with Gasteiger partial charge in [-0.3, -0.25) is 4.79 Å². The molecule has 0 atom stereocenters. The largest absolute Gasteiger partial charge is 0.347 e. The van der Waals surface area contributed by atoms with Gasteiger partial charge in [-0.25, -0.2) is 10.8 Å². The van der Waals surface area contributed by atoms with Crippen LogP contribution in [0.5, 0.6) is 0 Å². The summed E-state index contributed by atoms with van der Waals surface area (Å²) in [6, 6.07) is 3.40. The van der Waals surface area contributed by atoms with Crippen molar-refractivity contribution >= 4 is 11.7 Å². The van der Waals surface area contributed by atoms with Crippen LogP contribution in [0.2, 0.25) is 0 Å². The minimum Gasteiger partial charge on any atom is -0.347 e. The lowest BCUT2D eigenvalue weighted by molar-refractivity contribution is 0.0901. The molecule has 1 amide bonds. The van der Waals surface area contributed by atoms with Crippen molar-refractivity contribution < 1.29 is 4.79 Å². The number of hydrogen-bond donors (Lipinski definition) is 3. The molecule has 0 aromatic carbocycles. The molecule has 5 nitrogen and oxygen atoms in total. The summed E-state index contributed by atoms with van der Waals surface area (Å²) >= 11 is 0. The number of carbonyl (C=O) groups is 1. The highest BCUT2D eigenvalue weighted by Gasteiger charge is 2.22. The van der Waals surface area contributed by atoms with E-state index in [9.17, 15) is 4.79 Å². The van der Waals surface area contributed by atoms with Crippen LogP contribution in [0.3, 0.4) is 0 Å². The molecule has 1 heterocycles. The Morgan fingerprint density at radius 1 is 1.39 bits per heavy atom. The number of hydrogen-bond acceptors (Lipinski definition) is 4. The first-order chi connectivity index (χ1) is 8.44. The lowest BCUT2D eigenvalue weighted by atomic mass is 9.95. The molecular formula is C13H22N4O. The molecule has 0 aliphatic rings. The quantitative estimate of drug-likeness (QED) is 0.551. The summed E-state index contributed by atoms with van der Waals surface area (Å²) < 4.78 is 0. The first kappa shape index (κ1) is 14.4. The summed E-state index contributed by atoms with van der Waals surface area (Å²) in [6.45, 7) is 8.00. The third kappa shape index (κ3) is 3.43. The number of rotatable bonds is 5. The van der Waals surface area contributed by atoms with Crippen LogP contribution >= 0.6 is 0 Å². The number of aryl methyl sites for hydroxylation is 1. The van der Waals surface area contributed by atoms with E-state index in [1.807, 2.05) is 13.8 Å². The van der Waals surface area contributed by atoms with Crippen LogP contribution in [0, 0.1) is 6.92 Å². The molecule has 1 aromatic rings. The molecule has 100 valence electrons. The van der Waals surface area contributed by atoms with Gasteiger partial charge < -0.3 is 10.7 Å². The standard InChI is InChI=1S/C13H22N4O/c1-5-13(4,6-2)16-12(18)10-7-9(3)15-11(8-10)17-14/h7-8H,5-6,14H2,1-4H3,(H,15,17)(H,16,18). The Hall–Kier alpha value is -1.62. The van der Waals surface area contributed by atoms with Crippen LogP contribution < -0.4 is 16.6 Å². The zero-order chi connectivity index (χ0) is 13.8. The molecule has 1 aromatic heterocycles. The van der Waals surface area contributed by atoms with Crippen molar-refractivity contribution in [2.75, 3.05) is 5.43 Å². The van der Waals surface area contributed by atoms with Gasteiger partial charge in [-0.05, 0) is 38.8 Å². The van der Waals surface area contributed by atoms with Gasteiger partial charge in [0, 0.05) is 16.8 Å². The van der Waals surface area contributed by atoms with Crippen LogP contribution in [-0.4, -0.2) is 16.4 Å². The Morgan fingerprint density at radius 2 is 2.00 bits per heavy atom. The molecule has 4 N–H and O–H groups in total. The fraction of sp³-hybridized carbons (Fsp3) is 0.538. The highest BCUT2D eigenvalue weighted by molar-refractivity contribution is 5.95. The minimum absolute atomic E-state index is 0.0943. The van der Waals surface area contributed by atoms with Gasteiger partial charge in [-0.15, -0.1) is 0 Å². The molecule has 1 rings (SSSR count). The Labute approximate surface area is 108 Å². The number of nitrogen functional groups attached to an aromatic ring is 1. The maximum Gasteiger partial charge on any atom is 0.251 e. The molecule has 5 heteroatoms. The van der Waals surface area contributed by atoms with Gasteiger partial charge in [0.25, 0.3) is 5.91 Å². The van der Waals surface area contributed by atoms with E-state index in [1.54, 1.807) is 12.1 Å². The molecule has 0 unspecified atom stereocenters. The molecule has 0 fully saturated rings. The van der Waals surface area contributed by atoms with Gasteiger partial charge in [-0.1, -0.05) is 13.8 Å². The maximum atomic E-state index is 12.2. The molecule has 0 aliphatic heterocycles. The Bertz CT molecular complexity index is 427. The lowest BCUT2D eigenvalue weighted by Gasteiger charge is -2.28. The van der Waals surface area contributed by atoms with E-state index in [1.165, 1.54) is 0 Å². The van der Waals surface area contributed by atoms with Gasteiger partial charge in [0.2, 0.25) is 0 Å². The van der Waals surface area contributed by atoms with Crippen molar-refractivity contribution in [3.63, 3.8) is 0 Å². The number of nitrogens with zero attached hydrogens (tertiary/aromatic N) is 1. The number of hydrazine groups is 1. The van der Waals surface area contributed by atoms with Crippen LogP contribution in [-0.2, 0) is 0 Å². The average molecular weight is 250 g/mol. The summed E-state index contributed by atoms with van der Waals surface area (Å²) in [5.41, 5.74) is 3.61. The van der Waals surface area contributed by atoms with E-state index >= 15 is 0 Å². The fourth-order valence-corrected chi connectivity index (χ4v) is 1.65. The average Bonchev–Trinajstić information content (AvgIpc) is 2.37. The molecular weight excluding hydrogens is 228 g/mol. The fourth-order valence-electron chi connectivity index (χ4n) is 1.65. The van der Waals surface area contributed by atoms with E-state index in [2.05, 4.69) is 29.6 Å². The highest BCUT2D eigenvalue weighted by Crippen LogP contribution is 2.16. The maximum absolute atomic E-state index is 12.2. The monoisotopic (exact) mass is 250 g/mol. The summed E-state index contributed by atoms with van der Waals surface area (Å²) in [6.07, 6.45) is 1.78. The zero-order valence-electron chi connectivity index (χ0n) is 11.5. The number of carbonyl (C=O) groups excluding carboxylic acids is 1. The van der Waals surface area contributed by atoms with Crippen molar-refractivity contribution in [2.45, 2.75) is 46.1 Å². The molecule has 0 aliphatic carbocycles. The van der Waals surface area contributed by atoms with Gasteiger partial charge >= 0.3 is 0 Å². The molecule has 0 saturated carbocycles. The first-order valence-corrected chi connectivity index (χ1v) is 6.22. The van der Waals surface area contributed by atoms with Crippen LogP contribution in [0.25, 0.3) is 0 Å². The van der Waals surface area contributed by atoms with Gasteiger partial charge in [0.1, 0.15) is 5.82 Å². The second kappa shape index (κ2) is 5.82. The number of amides is 1. The number of pyridine rings is 1. The van der Waals surface area contributed by atoms with Crippen LogP contribution in [0.4, 0.5) is 5.82 Å². The smallest absolute Gasteiger partial charge is 0.251 e. The zero-order valence-corrected chi connectivity index (χ0v) is 11.5. The second-order valence-electron chi connectivity index (χ2n) is 4.75. The van der Waals surface area contributed by atoms with Crippen molar-refractivity contribution in [1.29, 1.82) is 0 Å². The SMILES string of the molecule is CCC(C)(CC)NC(=O)c1cc(C)nc(NN)c1. The molecule has 18 heavy (non-hydrogen) atoms. The normalized spacial score (nSPS) is 11.2. The predicted octanol–water partition coefficient (Wildman–Crippen LogP) is 1.98. The summed E-state index contributed by atoms with van der Waals surface area (Å²) in [4.78, 5) is 16.3. The molecule has 0 spiro atoms. The van der Waals surface area contributed by atoms with E-state index in [0.29, 0.717) is 11.4 Å². The summed E-state index contributed by atoms with van der Waals surface area (Å²) in [7, 11) is 0. The van der Waals surface area contributed by atoms with Gasteiger partial charge in [-0.2, -0.15) is 0 Å². The Balaban J connectivity index is 2.94. The summed E-state index contributed by atoms with van der Waals surface area (Å²) in [5.74, 6) is 5.72. The topological polar surface area (TPSA) is 80.0 Å². The summed E-state index contributed by atoms with van der Waals surface area (Å²) in [5, 5.41) is 3.05. The molecule has 0 saturated heterocycles. The van der Waals surface area contributed by atoms with Gasteiger partial charge in [0.05, 0.1) is 0 Å². The highest BCUT2D eigenvalue weighted by atomic mass is 16.1. The number of nitrogens with one attached hydrogen (secondary N) is 2. The molecule has 0 radical (unpaired) electrons. The van der Waals surface area contributed by atoms with E-state index in [0.717, 1.165) is 18.5 Å².